The molecule has 5 aliphatic rings. The van der Waals surface area contributed by atoms with Gasteiger partial charge in [0.2, 0.25) is 5.91 Å². The Morgan fingerprint density at radius 1 is 1.00 bits per heavy atom. The van der Waals surface area contributed by atoms with Crippen molar-refractivity contribution in [3.63, 3.8) is 0 Å². The van der Waals surface area contributed by atoms with E-state index in [-0.39, 0.29) is 57.7 Å². The Bertz CT molecular complexity index is 1710. The number of amides is 1. The molecule has 4 saturated carbocycles. The maximum Gasteiger partial charge on any atom is 0.309 e. The summed E-state index contributed by atoms with van der Waals surface area (Å²) >= 11 is 5.99. The number of esters is 1. The van der Waals surface area contributed by atoms with E-state index in [9.17, 15) is 24.3 Å². The monoisotopic (exact) mass is 734 g/mol. The molecular formula is C43H59ClN2O6. The third-order valence-electron chi connectivity index (χ3n) is 15.4. The number of nitrogens with one attached hydrogen (secondary N) is 1. The van der Waals surface area contributed by atoms with Gasteiger partial charge in [0.25, 0.3) is 0 Å². The van der Waals surface area contributed by atoms with E-state index in [0.717, 1.165) is 56.9 Å². The molecule has 2 unspecified atom stereocenters. The minimum Gasteiger partial charge on any atom is -0.481 e. The number of ether oxygens (including phenoxy) is 1. The molecule has 1 heterocycles. The fourth-order valence-corrected chi connectivity index (χ4v) is 12.6. The van der Waals surface area contributed by atoms with Crippen molar-refractivity contribution < 1.29 is 29.0 Å². The lowest BCUT2D eigenvalue weighted by Crippen LogP contribution is -2.65. The highest BCUT2D eigenvalue weighted by molar-refractivity contribution is 6.30. The predicted octanol–water partition coefficient (Wildman–Crippen LogP) is 9.62. The number of allylic oxidation sites excluding steroid dienone is 3. The third-order valence-corrected chi connectivity index (χ3v) is 15.6. The molecule has 0 radical (unpaired) electrons. The van der Waals surface area contributed by atoms with Crippen LogP contribution in [0, 0.1) is 56.2 Å². The third kappa shape index (κ3) is 6.07. The fourth-order valence-electron chi connectivity index (χ4n) is 12.5. The number of carboxylic acids is 1. The molecule has 5 aliphatic carbocycles. The van der Waals surface area contributed by atoms with Gasteiger partial charge in [-0.15, -0.1) is 0 Å². The molecule has 2 N–H and O–H groups in total. The molecule has 52 heavy (non-hydrogen) atoms. The number of aromatic nitrogens is 1. The minimum atomic E-state index is -1.17. The largest absolute Gasteiger partial charge is 0.481 e. The SMILES string of the molecule is CC(C)C1=C2[C@H]3CCC4[C@@]5(C)CC[C@H](OC(=O)CC(C)(C)C(=O)O)C(C)(C)C5CC[C@@]4(C)[C@]3(C)CC[C@@]2(/C=C/C(=O)Nc2ccc(Cl)cn2)CC1=O. The van der Waals surface area contributed by atoms with Crippen LogP contribution in [-0.2, 0) is 23.9 Å². The zero-order valence-electron chi connectivity index (χ0n) is 32.7. The van der Waals surface area contributed by atoms with Gasteiger partial charge in [-0.25, -0.2) is 4.98 Å². The van der Waals surface area contributed by atoms with Crippen molar-refractivity contribution in [3.05, 3.63) is 46.7 Å². The van der Waals surface area contributed by atoms with Crippen molar-refractivity contribution in [3.8, 4) is 0 Å². The van der Waals surface area contributed by atoms with Crippen LogP contribution in [0.15, 0.2) is 41.6 Å². The molecule has 0 saturated heterocycles. The summed E-state index contributed by atoms with van der Waals surface area (Å²) in [5.41, 5.74) is 0.460. The molecule has 1 aromatic rings. The number of carbonyl (C=O) groups excluding carboxylic acids is 3. The maximum absolute atomic E-state index is 13.9. The number of pyridine rings is 1. The molecule has 284 valence electrons. The van der Waals surface area contributed by atoms with Crippen LogP contribution < -0.4 is 5.32 Å². The van der Waals surface area contributed by atoms with Gasteiger partial charge in [0, 0.05) is 29.5 Å². The van der Waals surface area contributed by atoms with E-state index in [4.69, 9.17) is 16.3 Å². The smallest absolute Gasteiger partial charge is 0.309 e. The number of anilines is 1. The van der Waals surface area contributed by atoms with Crippen molar-refractivity contribution in [1.82, 2.24) is 4.98 Å². The second kappa shape index (κ2) is 13.1. The Balaban J connectivity index is 1.28. The number of Topliss-reactive ketones (excluding diaryl/α,β-unsaturated/α-hetero) is 1. The number of halogens is 1. The highest BCUT2D eigenvalue weighted by Crippen LogP contribution is 2.77. The Morgan fingerprint density at radius 3 is 2.35 bits per heavy atom. The molecule has 1 aromatic heterocycles. The van der Waals surface area contributed by atoms with Crippen LogP contribution in [0.4, 0.5) is 5.82 Å². The topological polar surface area (TPSA) is 123 Å². The van der Waals surface area contributed by atoms with Crippen LogP contribution in [-0.4, -0.2) is 39.8 Å². The van der Waals surface area contributed by atoms with Crippen LogP contribution >= 0.6 is 11.6 Å². The number of aliphatic carboxylic acids is 1. The Kier molecular flexibility index (Phi) is 9.75. The summed E-state index contributed by atoms with van der Waals surface area (Å²) in [5.74, 6) is 0.149. The molecule has 8 atom stereocenters. The van der Waals surface area contributed by atoms with E-state index in [1.807, 2.05) is 6.08 Å². The van der Waals surface area contributed by atoms with Crippen LogP contribution in [0.3, 0.4) is 0 Å². The first-order valence-corrected chi connectivity index (χ1v) is 19.8. The average molecular weight is 735 g/mol. The molecule has 0 bridgehead atoms. The van der Waals surface area contributed by atoms with Gasteiger partial charge in [0.05, 0.1) is 16.9 Å². The molecule has 9 heteroatoms. The number of fused-ring (bicyclic) bond motifs is 7. The number of hydrogen-bond donors (Lipinski definition) is 2. The summed E-state index contributed by atoms with van der Waals surface area (Å²) in [7, 11) is 0. The Labute approximate surface area is 315 Å². The molecule has 0 spiro atoms. The second-order valence-corrected chi connectivity index (χ2v) is 19.7. The van der Waals surface area contributed by atoms with Crippen LogP contribution in [0.25, 0.3) is 0 Å². The first-order chi connectivity index (χ1) is 24.1. The summed E-state index contributed by atoms with van der Waals surface area (Å²) in [6, 6.07) is 3.37. The number of nitrogens with zero attached hydrogens (tertiary/aromatic N) is 1. The highest BCUT2D eigenvalue weighted by Gasteiger charge is 2.70. The second-order valence-electron chi connectivity index (χ2n) is 19.2. The molecule has 1 amide bonds. The van der Waals surface area contributed by atoms with Gasteiger partial charge >= 0.3 is 11.9 Å². The zero-order valence-corrected chi connectivity index (χ0v) is 33.4. The van der Waals surface area contributed by atoms with E-state index in [1.54, 1.807) is 32.1 Å². The summed E-state index contributed by atoms with van der Waals surface area (Å²) in [6.07, 6.45) is 12.9. The lowest BCUT2D eigenvalue weighted by atomic mass is 9.33. The van der Waals surface area contributed by atoms with Crippen LogP contribution in [0.5, 0.6) is 0 Å². The standard InChI is InChI=1S/C43H59ClN2O6/c1-25(2)35-28(47)22-43(19-16-33(48)46-32-13-10-26(44)24-45-32)21-20-41(8)27(36(35)43)11-12-30-40(7)17-15-31(52-34(49)23-38(3,4)37(50)51)39(5,6)29(40)14-18-42(30,41)9/h10,13,16,19,24-25,27,29-31H,11-12,14-15,17-18,20-23H2,1-9H3,(H,50,51)(H,45,46,48)/b19-16+/t27-,29?,30?,31+,40+,41-,42-,43+/m1/s1. The Morgan fingerprint density at radius 2 is 1.71 bits per heavy atom. The van der Waals surface area contributed by atoms with Gasteiger partial charge in [-0.2, -0.15) is 0 Å². The first kappa shape index (κ1) is 38.7. The maximum atomic E-state index is 13.9. The van der Waals surface area contributed by atoms with Crippen molar-refractivity contribution in [1.29, 1.82) is 0 Å². The summed E-state index contributed by atoms with van der Waals surface area (Å²) in [6.45, 7) is 19.5. The fraction of sp³-hybridized carbons (Fsp3) is 0.698. The summed E-state index contributed by atoms with van der Waals surface area (Å²) < 4.78 is 6.15. The lowest BCUT2D eigenvalue weighted by molar-refractivity contribution is -0.232. The normalized spacial score (nSPS) is 36.9. The predicted molar refractivity (Wildman–Crippen MR) is 202 cm³/mol. The highest BCUT2D eigenvalue weighted by atomic mass is 35.5. The van der Waals surface area contributed by atoms with E-state index >= 15 is 0 Å². The summed E-state index contributed by atoms with van der Waals surface area (Å²) in [4.78, 5) is 56.1. The van der Waals surface area contributed by atoms with Gasteiger partial charge in [-0.3, -0.25) is 19.2 Å². The van der Waals surface area contributed by atoms with Crippen molar-refractivity contribution in [2.45, 2.75) is 133 Å². The average Bonchev–Trinajstić information content (AvgIpc) is 3.35. The van der Waals surface area contributed by atoms with E-state index in [1.165, 1.54) is 11.8 Å². The van der Waals surface area contributed by atoms with Crippen LogP contribution in [0.1, 0.15) is 127 Å². The molecular weight excluding hydrogens is 676 g/mol. The Hall–Kier alpha value is -3.00. The van der Waals surface area contributed by atoms with Gasteiger partial charge < -0.3 is 15.2 Å². The number of carbonyl (C=O) groups is 4. The lowest BCUT2D eigenvalue weighted by Gasteiger charge is -2.72. The molecule has 0 aliphatic heterocycles. The molecule has 0 aromatic carbocycles. The minimum absolute atomic E-state index is 0.0211. The molecule has 4 fully saturated rings. The number of rotatable bonds is 8. The van der Waals surface area contributed by atoms with Crippen LogP contribution in [0.2, 0.25) is 5.02 Å². The van der Waals surface area contributed by atoms with Gasteiger partial charge in [-0.05, 0) is 128 Å². The van der Waals surface area contributed by atoms with E-state index in [2.05, 4.69) is 58.8 Å². The van der Waals surface area contributed by atoms with E-state index < -0.39 is 22.8 Å². The van der Waals surface area contributed by atoms with Gasteiger partial charge in [0.1, 0.15) is 11.9 Å². The zero-order chi connectivity index (χ0) is 38.2. The van der Waals surface area contributed by atoms with Gasteiger partial charge in [-0.1, -0.05) is 66.1 Å². The molecule has 8 nitrogen and oxygen atoms in total. The number of hydrogen-bond acceptors (Lipinski definition) is 6. The number of carboxylic acid groups (broad SMARTS) is 1. The quantitative estimate of drug-likeness (QED) is 0.201. The van der Waals surface area contributed by atoms with Crippen molar-refractivity contribution in [2.24, 2.45) is 56.2 Å². The van der Waals surface area contributed by atoms with E-state index in [0.29, 0.717) is 29.1 Å². The first-order valence-electron chi connectivity index (χ1n) is 19.4. The van der Waals surface area contributed by atoms with Crippen molar-refractivity contribution >= 4 is 41.0 Å². The number of ketones is 1. The summed E-state index contributed by atoms with van der Waals surface area (Å²) in [5, 5.41) is 13.0. The van der Waals surface area contributed by atoms with Crippen molar-refractivity contribution in [2.75, 3.05) is 5.32 Å². The molecule has 6 rings (SSSR count). The van der Waals surface area contributed by atoms with Gasteiger partial charge in [0.15, 0.2) is 5.78 Å².